The molecule has 1 rings (SSSR count). The Bertz CT molecular complexity index is 417. The summed E-state index contributed by atoms with van der Waals surface area (Å²) in [5, 5.41) is 10.1. The molecule has 0 aliphatic carbocycles. The molecule has 4 N–H and O–H groups in total. The molecular weight excluding hydrogens is 228 g/mol. The van der Waals surface area contributed by atoms with E-state index in [1.54, 1.807) is 0 Å². The van der Waals surface area contributed by atoms with Crippen molar-refractivity contribution in [1.82, 2.24) is 0 Å². The molecule has 1 aromatic carbocycles. The minimum atomic E-state index is -4.67. The van der Waals surface area contributed by atoms with Crippen molar-refractivity contribution < 1.29 is 22.4 Å². The van der Waals surface area contributed by atoms with Crippen LogP contribution in [-0.2, 0) is 10.4 Å². The molecule has 0 heterocycles. The van der Waals surface area contributed by atoms with E-state index in [-0.39, 0.29) is 5.69 Å². The summed E-state index contributed by atoms with van der Waals surface area (Å²) in [5.41, 5.74) is 5.90. The monoisotopic (exact) mass is 236 g/mol. The van der Waals surface area contributed by atoms with E-state index in [0.717, 1.165) is 0 Å². The van der Waals surface area contributed by atoms with E-state index in [1.807, 2.05) is 0 Å². The Morgan fingerprint density at radius 2 is 1.53 bits per heavy atom. The molecule has 0 aromatic heterocycles. The Morgan fingerprint density at radius 3 is 1.80 bits per heavy atom. The fourth-order valence-corrected chi connectivity index (χ4v) is 0.596. The number of rotatable bonds is 1. The van der Waals surface area contributed by atoms with Crippen LogP contribution in [0.1, 0.15) is 0 Å². The molecule has 15 heavy (non-hydrogen) atoms. The van der Waals surface area contributed by atoms with Crippen molar-refractivity contribution in [3.8, 4) is 0 Å². The third-order valence-corrected chi connectivity index (χ3v) is 1.10. The van der Waals surface area contributed by atoms with Crippen molar-refractivity contribution >= 4 is 21.8 Å². The number of nitro benzene ring substituents is 1. The van der Waals surface area contributed by atoms with Crippen LogP contribution in [0, 0.1) is 10.1 Å². The van der Waals surface area contributed by atoms with Gasteiger partial charge in [0.2, 0.25) is 0 Å². The van der Waals surface area contributed by atoms with Crippen molar-refractivity contribution in [2.75, 3.05) is 5.73 Å². The van der Waals surface area contributed by atoms with Gasteiger partial charge in [-0.25, -0.2) is 0 Å². The average molecular weight is 236 g/mol. The van der Waals surface area contributed by atoms with Gasteiger partial charge in [-0.05, 0) is 12.1 Å². The molecule has 0 radical (unpaired) electrons. The summed E-state index contributed by atoms with van der Waals surface area (Å²) < 4.78 is 31.6. The van der Waals surface area contributed by atoms with Crippen molar-refractivity contribution in [2.45, 2.75) is 0 Å². The largest absolute Gasteiger partial charge is 0.399 e. The average Bonchev–Trinajstić information content (AvgIpc) is 2.01. The van der Waals surface area contributed by atoms with E-state index in [1.165, 1.54) is 24.3 Å². The highest BCUT2D eigenvalue weighted by molar-refractivity contribution is 7.79. The zero-order chi connectivity index (χ0) is 12.1. The van der Waals surface area contributed by atoms with Gasteiger partial charge in [-0.3, -0.25) is 19.2 Å². The van der Waals surface area contributed by atoms with Gasteiger partial charge in [0.25, 0.3) is 5.69 Å². The maximum Gasteiger partial charge on any atom is 0.394 e. The van der Waals surface area contributed by atoms with Gasteiger partial charge < -0.3 is 5.73 Å². The predicted molar refractivity (Wildman–Crippen MR) is 51.7 cm³/mol. The minimum absolute atomic E-state index is 0.0641. The zero-order valence-corrected chi connectivity index (χ0v) is 8.09. The van der Waals surface area contributed by atoms with Crippen molar-refractivity contribution in [3.63, 3.8) is 0 Å². The number of nitrogens with two attached hydrogens (primary N) is 1. The molecule has 0 saturated heterocycles. The summed E-state index contributed by atoms with van der Waals surface area (Å²) >= 11 is 0. The number of non-ortho nitro benzene ring substituents is 1. The van der Waals surface area contributed by atoms with Crippen LogP contribution in [0.15, 0.2) is 24.3 Å². The Morgan fingerprint density at radius 1 is 1.20 bits per heavy atom. The molecule has 0 aliphatic rings. The zero-order valence-electron chi connectivity index (χ0n) is 7.27. The topological polar surface area (TPSA) is 144 Å². The van der Waals surface area contributed by atoms with E-state index in [4.69, 9.17) is 23.3 Å². The fourth-order valence-electron chi connectivity index (χ4n) is 0.596. The first-order valence-corrected chi connectivity index (χ1v) is 4.79. The molecule has 1 aromatic rings. The van der Waals surface area contributed by atoms with Crippen molar-refractivity contribution in [1.29, 1.82) is 0 Å². The van der Waals surface area contributed by atoms with Crippen LogP contribution >= 0.6 is 0 Å². The third-order valence-electron chi connectivity index (χ3n) is 1.10. The summed E-state index contributed by atoms with van der Waals surface area (Å²) in [6.45, 7) is 0. The van der Waals surface area contributed by atoms with Crippen LogP contribution in [0.5, 0.6) is 0 Å². The summed E-state index contributed by atoms with van der Waals surface area (Å²) in [5.74, 6) is 0. The van der Waals surface area contributed by atoms with Crippen LogP contribution in [0.25, 0.3) is 0 Å². The van der Waals surface area contributed by atoms with Gasteiger partial charge in [-0.1, -0.05) is 0 Å². The first kappa shape index (κ1) is 13.3. The maximum absolute atomic E-state index is 10.1. The first-order chi connectivity index (χ1) is 6.70. The molecule has 0 spiro atoms. The second-order valence-electron chi connectivity index (χ2n) is 2.30. The van der Waals surface area contributed by atoms with Gasteiger partial charge in [0, 0.05) is 17.8 Å². The van der Waals surface area contributed by atoms with E-state index >= 15 is 0 Å². The molecule has 0 amide bonds. The smallest absolute Gasteiger partial charge is 0.394 e. The van der Waals surface area contributed by atoms with Crippen LogP contribution in [0.2, 0.25) is 0 Å². The van der Waals surface area contributed by atoms with Crippen LogP contribution < -0.4 is 5.73 Å². The van der Waals surface area contributed by atoms with E-state index in [0.29, 0.717) is 5.69 Å². The SMILES string of the molecule is Nc1ccc([N+](=O)[O-])cc1.O=S(=O)(O)O. The van der Waals surface area contributed by atoms with Crippen molar-refractivity contribution in [2.24, 2.45) is 0 Å². The summed E-state index contributed by atoms with van der Waals surface area (Å²) in [4.78, 5) is 9.62. The van der Waals surface area contributed by atoms with E-state index in [2.05, 4.69) is 0 Å². The maximum atomic E-state index is 10.1. The molecular formula is C6H8N2O6S. The lowest BCUT2D eigenvalue weighted by Gasteiger charge is -1.90. The van der Waals surface area contributed by atoms with Gasteiger partial charge in [-0.2, -0.15) is 8.42 Å². The number of nitrogen functional groups attached to an aromatic ring is 1. The number of hydrogen-bond acceptors (Lipinski definition) is 5. The van der Waals surface area contributed by atoms with Crippen molar-refractivity contribution in [3.05, 3.63) is 34.4 Å². The van der Waals surface area contributed by atoms with Gasteiger partial charge in [0.15, 0.2) is 0 Å². The Labute approximate surface area is 85.1 Å². The predicted octanol–water partition coefficient (Wildman–Crippen LogP) is 0.524. The number of nitrogens with zero attached hydrogens (tertiary/aromatic N) is 1. The Balaban J connectivity index is 0.000000336. The second-order valence-corrected chi connectivity index (χ2v) is 3.19. The highest BCUT2D eigenvalue weighted by Crippen LogP contribution is 2.11. The molecule has 0 unspecified atom stereocenters. The molecule has 0 atom stereocenters. The highest BCUT2D eigenvalue weighted by Gasteiger charge is 2.00. The highest BCUT2D eigenvalue weighted by atomic mass is 32.3. The second kappa shape index (κ2) is 5.24. The lowest BCUT2D eigenvalue weighted by Crippen LogP contribution is -1.89. The lowest BCUT2D eigenvalue weighted by molar-refractivity contribution is -0.384. The first-order valence-electron chi connectivity index (χ1n) is 3.40. The van der Waals surface area contributed by atoms with Gasteiger partial charge in [0.1, 0.15) is 0 Å². The molecule has 9 heteroatoms. The van der Waals surface area contributed by atoms with E-state index in [9.17, 15) is 10.1 Å². The number of hydrogen-bond donors (Lipinski definition) is 3. The van der Waals surface area contributed by atoms with Gasteiger partial charge in [-0.15, -0.1) is 0 Å². The Kier molecular flexibility index (Phi) is 4.64. The third kappa shape index (κ3) is 8.62. The number of benzene rings is 1. The quantitative estimate of drug-likeness (QED) is 0.279. The summed E-state index contributed by atoms with van der Waals surface area (Å²) in [7, 11) is -4.67. The van der Waals surface area contributed by atoms with Crippen LogP contribution in [-0.4, -0.2) is 22.4 Å². The molecule has 8 nitrogen and oxygen atoms in total. The minimum Gasteiger partial charge on any atom is -0.399 e. The normalized spacial score (nSPS) is 10.0. The van der Waals surface area contributed by atoms with Crippen LogP contribution in [0.3, 0.4) is 0 Å². The number of anilines is 1. The molecule has 0 saturated carbocycles. The molecule has 0 aliphatic heterocycles. The fraction of sp³-hybridized carbons (Fsp3) is 0. The summed E-state index contributed by atoms with van der Waals surface area (Å²) in [6.07, 6.45) is 0. The van der Waals surface area contributed by atoms with Gasteiger partial charge >= 0.3 is 10.4 Å². The van der Waals surface area contributed by atoms with Crippen LogP contribution in [0.4, 0.5) is 11.4 Å². The molecule has 0 fully saturated rings. The lowest BCUT2D eigenvalue weighted by atomic mass is 10.3. The number of nitro groups is 1. The summed E-state index contributed by atoms with van der Waals surface area (Å²) in [6, 6.07) is 5.74. The molecule has 84 valence electrons. The van der Waals surface area contributed by atoms with Gasteiger partial charge in [0.05, 0.1) is 4.92 Å². The molecule has 0 bridgehead atoms. The Hall–Kier alpha value is -1.71. The van der Waals surface area contributed by atoms with E-state index < -0.39 is 15.3 Å². The standard InChI is InChI=1S/C6H6N2O2.H2O4S/c7-5-1-3-6(4-2-5)8(9)10;1-5(2,3)4/h1-4H,7H2;(H2,1,2,3,4).